The highest BCUT2D eigenvalue weighted by molar-refractivity contribution is 7.13. The molecule has 0 aliphatic heterocycles. The molecule has 0 fully saturated rings. The lowest BCUT2D eigenvalue weighted by molar-refractivity contribution is -0.122. The van der Waals surface area contributed by atoms with Crippen LogP contribution in [0.25, 0.3) is 11.1 Å². The molecular formula is C18H17N3O3S. The molecule has 128 valence electrons. The largest absolute Gasteiger partial charge is 0.481 e. The Bertz CT molecular complexity index is 917. The van der Waals surface area contributed by atoms with Crippen molar-refractivity contribution in [2.75, 3.05) is 5.32 Å². The number of benzene rings is 2. The van der Waals surface area contributed by atoms with Crippen molar-refractivity contribution in [2.45, 2.75) is 13.0 Å². The molecule has 6 nitrogen and oxygen atoms in total. The third-order valence-electron chi connectivity index (χ3n) is 3.56. The minimum Gasteiger partial charge on any atom is -0.481 e. The summed E-state index contributed by atoms with van der Waals surface area (Å²) >= 11 is 0.875. The van der Waals surface area contributed by atoms with Crippen molar-refractivity contribution in [3.8, 4) is 16.9 Å². The molecule has 0 bridgehead atoms. The lowest BCUT2D eigenvalue weighted by Crippen LogP contribution is -2.30. The number of anilines is 1. The fourth-order valence-electron chi connectivity index (χ4n) is 2.22. The van der Waals surface area contributed by atoms with Crippen LogP contribution in [-0.2, 0) is 11.8 Å². The van der Waals surface area contributed by atoms with E-state index in [0.29, 0.717) is 5.75 Å². The van der Waals surface area contributed by atoms with Crippen molar-refractivity contribution >= 4 is 22.4 Å². The summed E-state index contributed by atoms with van der Waals surface area (Å²) in [5.74, 6) is 0.234. The van der Waals surface area contributed by atoms with Crippen LogP contribution >= 0.6 is 11.3 Å². The molecule has 0 aliphatic carbocycles. The number of hydrogen-bond donors (Lipinski definition) is 1. The number of carbonyl (C=O) groups is 1. The third kappa shape index (κ3) is 4.13. The van der Waals surface area contributed by atoms with Gasteiger partial charge in [0, 0.05) is 7.05 Å². The average Bonchev–Trinajstić information content (AvgIpc) is 2.93. The molecule has 1 atom stereocenters. The Morgan fingerprint density at radius 3 is 2.36 bits per heavy atom. The smallest absolute Gasteiger partial charge is 0.326 e. The lowest BCUT2D eigenvalue weighted by atomic mass is 10.1. The lowest BCUT2D eigenvalue weighted by Gasteiger charge is -2.14. The topological polar surface area (TPSA) is 73.2 Å². The first-order valence-corrected chi connectivity index (χ1v) is 8.52. The van der Waals surface area contributed by atoms with Crippen LogP contribution in [0.3, 0.4) is 0 Å². The van der Waals surface area contributed by atoms with Crippen LogP contribution in [0.5, 0.6) is 5.75 Å². The standard InChI is InChI=1S/C18H17N3O3S/c1-12(16(22)19-17-20-21(2)18(23)25-17)24-15-10-8-14(9-11-15)13-6-4-3-5-7-13/h3-12H,1-2H3,(H,19,20,22)/t12-/m0/s1. The van der Waals surface area contributed by atoms with Gasteiger partial charge in [-0.1, -0.05) is 42.5 Å². The Kier molecular flexibility index (Phi) is 4.95. The molecule has 3 aromatic rings. The highest BCUT2D eigenvalue weighted by Gasteiger charge is 2.17. The zero-order chi connectivity index (χ0) is 17.8. The molecule has 0 unspecified atom stereocenters. The molecule has 3 rings (SSSR count). The molecule has 0 aliphatic rings. The summed E-state index contributed by atoms with van der Waals surface area (Å²) in [6, 6.07) is 17.5. The predicted octanol–water partition coefficient (Wildman–Crippen LogP) is 2.91. The number of carbonyl (C=O) groups excluding carboxylic acids is 1. The zero-order valence-electron chi connectivity index (χ0n) is 13.8. The van der Waals surface area contributed by atoms with Crippen LogP contribution in [-0.4, -0.2) is 21.8 Å². The number of ether oxygens (including phenoxy) is 1. The maximum absolute atomic E-state index is 12.1. The molecule has 1 amide bonds. The van der Waals surface area contributed by atoms with E-state index >= 15 is 0 Å². The molecule has 25 heavy (non-hydrogen) atoms. The van der Waals surface area contributed by atoms with Crippen molar-refractivity contribution < 1.29 is 9.53 Å². The number of nitrogens with zero attached hydrogens (tertiary/aromatic N) is 2. The van der Waals surface area contributed by atoms with Gasteiger partial charge in [-0.3, -0.25) is 14.9 Å². The first-order chi connectivity index (χ1) is 12.0. The Morgan fingerprint density at radius 2 is 1.76 bits per heavy atom. The van der Waals surface area contributed by atoms with E-state index in [-0.39, 0.29) is 15.9 Å². The van der Waals surface area contributed by atoms with Crippen LogP contribution < -0.4 is 14.9 Å². The number of rotatable bonds is 5. The summed E-state index contributed by atoms with van der Waals surface area (Å²) in [5, 5.41) is 6.76. The van der Waals surface area contributed by atoms with Gasteiger partial charge < -0.3 is 4.74 Å². The summed E-state index contributed by atoms with van der Waals surface area (Å²) in [4.78, 5) is 23.3. The average molecular weight is 355 g/mol. The number of amides is 1. The molecule has 0 saturated carbocycles. The summed E-state index contributed by atoms with van der Waals surface area (Å²) in [5.41, 5.74) is 2.19. The van der Waals surface area contributed by atoms with Crippen molar-refractivity contribution in [1.82, 2.24) is 9.78 Å². The van der Waals surface area contributed by atoms with Gasteiger partial charge in [-0.05, 0) is 41.5 Å². The molecule has 7 heteroatoms. The number of nitrogens with one attached hydrogen (secondary N) is 1. The van der Waals surface area contributed by atoms with Crippen molar-refractivity contribution in [2.24, 2.45) is 7.05 Å². The fraction of sp³-hybridized carbons (Fsp3) is 0.167. The van der Waals surface area contributed by atoms with E-state index < -0.39 is 6.10 Å². The minimum atomic E-state index is -0.716. The van der Waals surface area contributed by atoms with Gasteiger partial charge in [-0.15, -0.1) is 5.10 Å². The first-order valence-electron chi connectivity index (χ1n) is 7.70. The number of aromatic nitrogens is 2. The van der Waals surface area contributed by atoms with Crippen LogP contribution in [0, 0.1) is 0 Å². The van der Waals surface area contributed by atoms with Crippen molar-refractivity contribution in [3.05, 3.63) is 64.3 Å². The van der Waals surface area contributed by atoms with E-state index in [4.69, 9.17) is 4.74 Å². The van der Waals surface area contributed by atoms with Crippen LogP contribution in [0.4, 0.5) is 5.13 Å². The summed E-state index contributed by atoms with van der Waals surface area (Å²) < 4.78 is 6.83. The third-order valence-corrected chi connectivity index (χ3v) is 4.38. The summed E-state index contributed by atoms with van der Waals surface area (Å²) in [6.45, 7) is 1.64. The van der Waals surface area contributed by atoms with Crippen molar-refractivity contribution in [1.29, 1.82) is 0 Å². The monoisotopic (exact) mass is 355 g/mol. The Morgan fingerprint density at radius 1 is 1.12 bits per heavy atom. The number of hydrogen-bond acceptors (Lipinski definition) is 5. The van der Waals surface area contributed by atoms with Crippen LogP contribution in [0.15, 0.2) is 59.4 Å². The van der Waals surface area contributed by atoms with E-state index in [0.717, 1.165) is 22.5 Å². The maximum Gasteiger partial charge on any atom is 0.326 e. The van der Waals surface area contributed by atoms with E-state index in [1.165, 1.54) is 11.7 Å². The van der Waals surface area contributed by atoms with Crippen LogP contribution in [0.2, 0.25) is 0 Å². The van der Waals surface area contributed by atoms with Gasteiger partial charge in [0.1, 0.15) is 5.75 Å². The maximum atomic E-state index is 12.1. The fourth-order valence-corrected chi connectivity index (χ4v) is 2.87. The Labute approximate surface area is 148 Å². The van der Waals surface area contributed by atoms with E-state index in [1.807, 2.05) is 54.6 Å². The second kappa shape index (κ2) is 7.31. The van der Waals surface area contributed by atoms with E-state index in [9.17, 15) is 9.59 Å². The molecular weight excluding hydrogens is 338 g/mol. The quantitative estimate of drug-likeness (QED) is 0.764. The molecule has 1 aromatic heterocycles. The highest BCUT2D eigenvalue weighted by atomic mass is 32.1. The molecule has 0 radical (unpaired) electrons. The van der Waals surface area contributed by atoms with Crippen molar-refractivity contribution in [3.63, 3.8) is 0 Å². The van der Waals surface area contributed by atoms with E-state index in [2.05, 4.69) is 10.4 Å². The molecule has 2 aromatic carbocycles. The van der Waals surface area contributed by atoms with Gasteiger partial charge >= 0.3 is 4.87 Å². The summed E-state index contributed by atoms with van der Waals surface area (Å²) in [6.07, 6.45) is -0.716. The Hall–Kier alpha value is -2.93. The highest BCUT2D eigenvalue weighted by Crippen LogP contribution is 2.22. The predicted molar refractivity (Wildman–Crippen MR) is 98.0 cm³/mol. The molecule has 0 saturated heterocycles. The number of aryl methyl sites for hydroxylation is 1. The van der Waals surface area contributed by atoms with Gasteiger partial charge in [0.15, 0.2) is 6.10 Å². The van der Waals surface area contributed by atoms with Gasteiger partial charge in [0.25, 0.3) is 5.91 Å². The zero-order valence-corrected chi connectivity index (χ0v) is 14.6. The summed E-state index contributed by atoms with van der Waals surface area (Å²) in [7, 11) is 1.53. The molecule has 1 heterocycles. The normalized spacial score (nSPS) is 11.8. The van der Waals surface area contributed by atoms with Crippen LogP contribution in [0.1, 0.15) is 6.92 Å². The van der Waals surface area contributed by atoms with Gasteiger partial charge in [0.05, 0.1) is 0 Å². The molecule has 0 spiro atoms. The van der Waals surface area contributed by atoms with Gasteiger partial charge in [0.2, 0.25) is 5.13 Å². The second-order valence-corrected chi connectivity index (χ2v) is 6.38. The Balaban J connectivity index is 1.63. The molecule has 1 N–H and O–H groups in total. The first kappa shape index (κ1) is 16.9. The SMILES string of the molecule is C[C@H](Oc1ccc(-c2ccccc2)cc1)C(=O)Nc1nn(C)c(=O)s1. The van der Waals surface area contributed by atoms with Gasteiger partial charge in [-0.25, -0.2) is 4.68 Å². The van der Waals surface area contributed by atoms with E-state index in [1.54, 1.807) is 6.92 Å². The second-order valence-electron chi connectivity index (χ2n) is 5.44. The minimum absolute atomic E-state index is 0.236. The van der Waals surface area contributed by atoms with Gasteiger partial charge in [-0.2, -0.15) is 0 Å².